The Morgan fingerprint density at radius 3 is 1.85 bits per heavy atom. The fourth-order valence-corrected chi connectivity index (χ4v) is 4.49. The first kappa shape index (κ1) is 22.0. The van der Waals surface area contributed by atoms with Crippen molar-refractivity contribution < 1.29 is 19.1 Å². The maximum Gasteiger partial charge on any atom is 0.407 e. The minimum atomic E-state index is -0.426. The summed E-state index contributed by atoms with van der Waals surface area (Å²) in [6, 6.07) is 8.11. The quantitative estimate of drug-likeness (QED) is 0.530. The van der Waals surface area contributed by atoms with Crippen molar-refractivity contribution in [3.63, 3.8) is 0 Å². The molecule has 3 aromatic rings. The number of ether oxygens (including phenoxy) is 2. The van der Waals surface area contributed by atoms with Crippen LogP contribution in [0.5, 0.6) is 0 Å². The molecule has 2 amide bonds. The molecule has 5 rings (SSSR count). The first-order valence-electron chi connectivity index (χ1n) is 11.6. The highest BCUT2D eigenvalue weighted by atomic mass is 16.6. The molecule has 178 valence electrons. The Morgan fingerprint density at radius 1 is 0.853 bits per heavy atom. The van der Waals surface area contributed by atoms with Gasteiger partial charge in [-0.2, -0.15) is 0 Å². The Labute approximate surface area is 197 Å². The lowest BCUT2D eigenvalue weighted by molar-refractivity contribution is 0.0956. The van der Waals surface area contributed by atoms with Crippen molar-refractivity contribution >= 4 is 12.2 Å². The second-order valence-electron chi connectivity index (χ2n) is 8.50. The summed E-state index contributed by atoms with van der Waals surface area (Å²) in [6.07, 6.45) is 8.70. The van der Waals surface area contributed by atoms with Gasteiger partial charge in [-0.15, -0.1) is 0 Å². The molecule has 0 saturated heterocycles. The molecule has 0 aliphatic carbocycles. The van der Waals surface area contributed by atoms with Gasteiger partial charge in [-0.1, -0.05) is 24.3 Å². The van der Waals surface area contributed by atoms with Gasteiger partial charge < -0.3 is 29.2 Å². The highest BCUT2D eigenvalue weighted by Gasteiger charge is 2.27. The molecule has 10 nitrogen and oxygen atoms in total. The molecule has 10 heteroatoms. The number of benzene rings is 1. The molecule has 34 heavy (non-hydrogen) atoms. The smallest absolute Gasteiger partial charge is 0.407 e. The number of aromatic nitrogens is 4. The maximum atomic E-state index is 12.1. The summed E-state index contributed by atoms with van der Waals surface area (Å²) < 4.78 is 15.0. The van der Waals surface area contributed by atoms with Crippen LogP contribution in [0.4, 0.5) is 9.59 Å². The SMILES string of the molecule is O=C(NCCc1cccc(CCNC(=O)O[C@@H]2CCn3ccnc32)c1)O[C@@H]1CCn2ccnc21. The van der Waals surface area contributed by atoms with E-state index < -0.39 is 12.2 Å². The van der Waals surface area contributed by atoms with Gasteiger partial charge in [-0.05, 0) is 24.0 Å². The lowest BCUT2D eigenvalue weighted by atomic mass is 10.1. The first-order valence-corrected chi connectivity index (χ1v) is 11.6. The summed E-state index contributed by atoms with van der Waals surface area (Å²) in [6.45, 7) is 2.59. The Balaban J connectivity index is 1.01. The van der Waals surface area contributed by atoms with Gasteiger partial charge in [0, 0.05) is 63.8 Å². The van der Waals surface area contributed by atoms with Gasteiger partial charge in [0.25, 0.3) is 0 Å². The van der Waals surface area contributed by atoms with Gasteiger partial charge in [0.2, 0.25) is 0 Å². The van der Waals surface area contributed by atoms with E-state index in [0.717, 1.165) is 48.7 Å². The number of aryl methyl sites for hydroxylation is 2. The Morgan fingerprint density at radius 2 is 1.35 bits per heavy atom. The number of fused-ring (bicyclic) bond motifs is 2. The standard InChI is InChI=1S/C24H28N6O4/c31-23(33-19-6-12-29-14-10-25-21(19)29)27-8-4-17-2-1-3-18(16-17)5-9-28-24(32)34-20-7-13-30-15-11-26-22(20)30/h1-3,10-11,14-16,19-20H,4-9,12-13H2,(H,27,31)(H,28,32)/t19-,20-/m1/s1. The summed E-state index contributed by atoms with van der Waals surface area (Å²) in [7, 11) is 0. The molecule has 2 atom stereocenters. The van der Waals surface area contributed by atoms with E-state index in [9.17, 15) is 9.59 Å². The van der Waals surface area contributed by atoms with E-state index in [0.29, 0.717) is 25.9 Å². The molecule has 0 spiro atoms. The minimum absolute atomic E-state index is 0.284. The van der Waals surface area contributed by atoms with Crippen molar-refractivity contribution in [2.75, 3.05) is 13.1 Å². The molecular formula is C24H28N6O4. The van der Waals surface area contributed by atoms with Crippen LogP contribution in [0, 0.1) is 0 Å². The first-order chi connectivity index (χ1) is 16.7. The normalized spacial score (nSPS) is 18.2. The van der Waals surface area contributed by atoms with Gasteiger partial charge in [0.15, 0.2) is 12.2 Å². The van der Waals surface area contributed by atoms with Crippen LogP contribution in [0.2, 0.25) is 0 Å². The second kappa shape index (κ2) is 9.98. The molecule has 2 N–H and O–H groups in total. The second-order valence-corrected chi connectivity index (χ2v) is 8.50. The molecule has 2 aliphatic rings. The molecule has 2 aromatic heterocycles. The summed E-state index contributed by atoms with van der Waals surface area (Å²) in [5.41, 5.74) is 2.21. The number of rotatable bonds is 8. The molecule has 0 unspecified atom stereocenters. The lowest BCUT2D eigenvalue weighted by Gasteiger charge is -2.12. The highest BCUT2D eigenvalue weighted by Crippen LogP contribution is 2.28. The number of hydrogen-bond donors (Lipinski definition) is 2. The molecule has 4 heterocycles. The van der Waals surface area contributed by atoms with Crippen LogP contribution >= 0.6 is 0 Å². The average Bonchev–Trinajstić information content (AvgIpc) is 3.59. The van der Waals surface area contributed by atoms with Crippen LogP contribution in [-0.4, -0.2) is 44.4 Å². The van der Waals surface area contributed by atoms with Crippen molar-refractivity contribution in [3.8, 4) is 0 Å². The van der Waals surface area contributed by atoms with Gasteiger partial charge in [-0.3, -0.25) is 0 Å². The molecule has 0 radical (unpaired) electrons. The number of carbonyl (C=O) groups excluding carboxylic acids is 2. The molecular weight excluding hydrogens is 436 g/mol. The van der Waals surface area contributed by atoms with Crippen LogP contribution < -0.4 is 10.6 Å². The van der Waals surface area contributed by atoms with E-state index in [2.05, 4.69) is 26.7 Å². The van der Waals surface area contributed by atoms with Crippen molar-refractivity contribution in [3.05, 3.63) is 71.8 Å². The fourth-order valence-electron chi connectivity index (χ4n) is 4.49. The van der Waals surface area contributed by atoms with E-state index in [1.165, 1.54) is 0 Å². The zero-order valence-corrected chi connectivity index (χ0v) is 18.9. The van der Waals surface area contributed by atoms with Gasteiger partial charge in [0.1, 0.15) is 11.6 Å². The van der Waals surface area contributed by atoms with Crippen molar-refractivity contribution in [2.45, 2.75) is 51.0 Å². The third-order valence-corrected chi connectivity index (χ3v) is 6.19. The largest absolute Gasteiger partial charge is 0.438 e. The average molecular weight is 465 g/mol. The van der Waals surface area contributed by atoms with Crippen LogP contribution in [0.15, 0.2) is 49.1 Å². The van der Waals surface area contributed by atoms with Gasteiger partial charge in [-0.25, -0.2) is 19.6 Å². The van der Waals surface area contributed by atoms with E-state index in [1.807, 2.05) is 39.7 Å². The minimum Gasteiger partial charge on any atom is -0.438 e. The zero-order valence-electron chi connectivity index (χ0n) is 18.9. The summed E-state index contributed by atoms with van der Waals surface area (Å²) in [5.74, 6) is 1.60. The number of imidazole rings is 2. The van der Waals surface area contributed by atoms with Crippen LogP contribution in [0.25, 0.3) is 0 Å². The van der Waals surface area contributed by atoms with E-state index in [1.54, 1.807) is 12.4 Å². The van der Waals surface area contributed by atoms with E-state index in [4.69, 9.17) is 9.47 Å². The summed E-state index contributed by atoms with van der Waals surface area (Å²) >= 11 is 0. The van der Waals surface area contributed by atoms with E-state index >= 15 is 0 Å². The monoisotopic (exact) mass is 464 g/mol. The van der Waals surface area contributed by atoms with Crippen molar-refractivity contribution in [2.24, 2.45) is 0 Å². The van der Waals surface area contributed by atoms with Gasteiger partial charge >= 0.3 is 12.2 Å². The fraction of sp³-hybridized carbons (Fsp3) is 0.417. The maximum absolute atomic E-state index is 12.1. The van der Waals surface area contributed by atoms with Crippen LogP contribution in [0.3, 0.4) is 0 Å². The van der Waals surface area contributed by atoms with Crippen LogP contribution in [0.1, 0.15) is 47.8 Å². The third kappa shape index (κ3) is 5.05. The number of amides is 2. The van der Waals surface area contributed by atoms with Crippen molar-refractivity contribution in [1.29, 1.82) is 0 Å². The number of alkyl carbamates (subject to hydrolysis) is 2. The molecule has 0 bridgehead atoms. The number of nitrogens with one attached hydrogen (secondary N) is 2. The number of hydrogen-bond acceptors (Lipinski definition) is 6. The zero-order chi connectivity index (χ0) is 23.3. The number of nitrogens with zero attached hydrogens (tertiary/aromatic N) is 4. The predicted octanol–water partition coefficient (Wildman–Crippen LogP) is 2.91. The summed E-state index contributed by atoms with van der Waals surface area (Å²) in [4.78, 5) is 32.8. The Bertz CT molecular complexity index is 1070. The van der Waals surface area contributed by atoms with Crippen molar-refractivity contribution in [1.82, 2.24) is 29.7 Å². The molecule has 0 saturated carbocycles. The van der Waals surface area contributed by atoms with Gasteiger partial charge in [0.05, 0.1) is 0 Å². The van der Waals surface area contributed by atoms with Crippen LogP contribution in [-0.2, 0) is 35.4 Å². The highest BCUT2D eigenvalue weighted by molar-refractivity contribution is 5.68. The number of carbonyl (C=O) groups is 2. The summed E-state index contributed by atoms with van der Waals surface area (Å²) in [5, 5.41) is 5.64. The molecule has 2 aliphatic heterocycles. The van der Waals surface area contributed by atoms with E-state index in [-0.39, 0.29) is 12.2 Å². The molecule has 0 fully saturated rings. The predicted molar refractivity (Wildman–Crippen MR) is 122 cm³/mol. The topological polar surface area (TPSA) is 112 Å². The Kier molecular flexibility index (Phi) is 6.46. The third-order valence-electron chi connectivity index (χ3n) is 6.19. The lowest BCUT2D eigenvalue weighted by Crippen LogP contribution is -2.28. The molecule has 1 aromatic carbocycles. The Hall–Kier alpha value is -3.82.